The topological polar surface area (TPSA) is 65.6 Å². The maximum atomic E-state index is 13.2. The average molecular weight is 402 g/mol. The van der Waals surface area contributed by atoms with Crippen LogP contribution in [0, 0.1) is 0 Å². The molecule has 1 saturated heterocycles. The van der Waals surface area contributed by atoms with Crippen LogP contribution in [0.25, 0.3) is 5.57 Å². The Morgan fingerprint density at radius 1 is 1.21 bits per heavy atom. The highest BCUT2D eigenvalue weighted by Crippen LogP contribution is 2.23. The van der Waals surface area contributed by atoms with Gasteiger partial charge in [-0.05, 0) is 37.9 Å². The molecule has 2 aromatic rings. The first-order valence-electron chi connectivity index (χ1n) is 9.16. The van der Waals surface area contributed by atoms with Crippen LogP contribution in [0.2, 0.25) is 5.02 Å². The van der Waals surface area contributed by atoms with Crippen LogP contribution in [0.5, 0.6) is 0 Å². The summed E-state index contributed by atoms with van der Waals surface area (Å²) < 4.78 is 5.29. The minimum Gasteiger partial charge on any atom is -0.378 e. The third kappa shape index (κ3) is 4.90. The van der Waals surface area contributed by atoms with Gasteiger partial charge in [0.1, 0.15) is 5.69 Å². The number of H-pyrrole nitrogens is 1. The van der Waals surface area contributed by atoms with Gasteiger partial charge >= 0.3 is 0 Å². The number of rotatable bonds is 6. The van der Waals surface area contributed by atoms with E-state index in [2.05, 4.69) is 4.98 Å². The van der Waals surface area contributed by atoms with Crippen LogP contribution in [0.15, 0.2) is 42.6 Å². The fourth-order valence-electron chi connectivity index (χ4n) is 3.01. The number of amides is 1. The molecule has 0 spiro atoms. The Bertz CT molecular complexity index is 883. The number of halogens is 1. The number of nitrogens with zero attached hydrogens (tertiary/aromatic N) is 2. The van der Waals surface area contributed by atoms with Crippen molar-refractivity contribution in [2.24, 2.45) is 0 Å². The van der Waals surface area contributed by atoms with Gasteiger partial charge in [-0.15, -0.1) is 0 Å². The second-order valence-electron chi connectivity index (χ2n) is 6.93. The third-order valence-electron chi connectivity index (χ3n) is 4.51. The number of nitrogens with one attached hydrogen (secondary N) is 1. The molecule has 6 nitrogen and oxygen atoms in total. The summed E-state index contributed by atoms with van der Waals surface area (Å²) in [5.41, 5.74) is 2.16. The number of ketones is 1. The molecule has 1 N–H and O–H groups in total. The quantitative estimate of drug-likeness (QED) is 0.597. The molecule has 2 heterocycles. The molecule has 0 bridgehead atoms. The number of Topliss-reactive ketones (excluding diaryl/α,β-unsaturated/α-hetero) is 1. The molecule has 1 aliphatic heterocycles. The van der Waals surface area contributed by atoms with Crippen LogP contribution in [-0.4, -0.2) is 73.4 Å². The minimum absolute atomic E-state index is 0.121. The number of likely N-dealkylation sites (N-methyl/N-ethyl adjacent to an activating group) is 1. The Kier molecular flexibility index (Phi) is 6.67. The number of allylic oxidation sites excluding steroid dienone is 1. The van der Waals surface area contributed by atoms with Gasteiger partial charge in [-0.1, -0.05) is 29.8 Å². The maximum absolute atomic E-state index is 13.2. The van der Waals surface area contributed by atoms with Crippen LogP contribution in [0.3, 0.4) is 0 Å². The van der Waals surface area contributed by atoms with E-state index in [1.807, 2.05) is 37.2 Å². The summed E-state index contributed by atoms with van der Waals surface area (Å²) in [5.74, 6) is -0.273. The van der Waals surface area contributed by atoms with Gasteiger partial charge < -0.3 is 19.5 Å². The molecule has 1 aliphatic rings. The van der Waals surface area contributed by atoms with Crippen LogP contribution >= 0.6 is 11.6 Å². The molecule has 0 radical (unpaired) electrons. The molecule has 0 unspecified atom stereocenters. The highest BCUT2D eigenvalue weighted by atomic mass is 35.5. The normalized spacial score (nSPS) is 15.1. The molecule has 0 atom stereocenters. The Morgan fingerprint density at radius 2 is 1.96 bits per heavy atom. The van der Waals surface area contributed by atoms with E-state index in [-0.39, 0.29) is 11.7 Å². The van der Waals surface area contributed by atoms with E-state index in [0.29, 0.717) is 54.7 Å². The SMILES string of the molecule is CN(C)C/C=C(/C(=O)c1c[nH]c(C(=O)N2CCOCC2)c1)c1cccc(Cl)c1. The van der Waals surface area contributed by atoms with Gasteiger partial charge in [-0.25, -0.2) is 0 Å². The van der Waals surface area contributed by atoms with Gasteiger partial charge in [-0.2, -0.15) is 0 Å². The molecule has 1 aromatic heterocycles. The summed E-state index contributed by atoms with van der Waals surface area (Å²) in [6, 6.07) is 8.84. The van der Waals surface area contributed by atoms with Crippen LogP contribution < -0.4 is 0 Å². The van der Waals surface area contributed by atoms with Crippen molar-refractivity contribution in [1.82, 2.24) is 14.8 Å². The molecule has 1 aromatic carbocycles. The minimum atomic E-state index is -0.151. The smallest absolute Gasteiger partial charge is 0.270 e. The zero-order chi connectivity index (χ0) is 20.1. The Balaban J connectivity index is 1.86. The zero-order valence-corrected chi connectivity index (χ0v) is 16.8. The Labute approximate surface area is 169 Å². The number of morpholine rings is 1. The van der Waals surface area contributed by atoms with E-state index >= 15 is 0 Å². The summed E-state index contributed by atoms with van der Waals surface area (Å²) in [7, 11) is 3.87. The zero-order valence-electron chi connectivity index (χ0n) is 16.1. The fourth-order valence-corrected chi connectivity index (χ4v) is 3.20. The highest BCUT2D eigenvalue weighted by Gasteiger charge is 2.22. The third-order valence-corrected chi connectivity index (χ3v) is 4.75. The second-order valence-corrected chi connectivity index (χ2v) is 7.36. The monoisotopic (exact) mass is 401 g/mol. The molecule has 148 valence electrons. The lowest BCUT2D eigenvalue weighted by atomic mass is 9.97. The van der Waals surface area contributed by atoms with Crippen molar-refractivity contribution in [1.29, 1.82) is 0 Å². The van der Waals surface area contributed by atoms with Crippen LogP contribution in [0.1, 0.15) is 26.4 Å². The predicted molar refractivity (Wildman–Crippen MR) is 110 cm³/mol. The summed E-state index contributed by atoms with van der Waals surface area (Å²) >= 11 is 6.12. The molecule has 7 heteroatoms. The molecule has 1 amide bonds. The van der Waals surface area contributed by atoms with Gasteiger partial charge in [0.2, 0.25) is 0 Å². The number of aromatic nitrogens is 1. The van der Waals surface area contributed by atoms with Gasteiger partial charge in [0.05, 0.1) is 13.2 Å². The maximum Gasteiger partial charge on any atom is 0.270 e. The van der Waals surface area contributed by atoms with E-state index in [9.17, 15) is 9.59 Å². The number of carbonyl (C=O) groups excluding carboxylic acids is 2. The summed E-state index contributed by atoms with van der Waals surface area (Å²) in [5, 5.41) is 0.568. The van der Waals surface area contributed by atoms with Crippen molar-refractivity contribution in [2.75, 3.05) is 46.9 Å². The molecule has 0 aliphatic carbocycles. The first-order valence-corrected chi connectivity index (χ1v) is 9.54. The van der Waals surface area contributed by atoms with Crippen molar-refractivity contribution >= 4 is 28.9 Å². The van der Waals surface area contributed by atoms with E-state index in [4.69, 9.17) is 16.3 Å². The number of benzene rings is 1. The summed E-state index contributed by atoms with van der Waals surface area (Å²) in [4.78, 5) is 32.5. The van der Waals surface area contributed by atoms with Crippen molar-refractivity contribution in [3.8, 4) is 0 Å². The van der Waals surface area contributed by atoms with Crippen molar-refractivity contribution < 1.29 is 14.3 Å². The largest absolute Gasteiger partial charge is 0.378 e. The molecule has 28 heavy (non-hydrogen) atoms. The van der Waals surface area contributed by atoms with Gasteiger partial charge in [0, 0.05) is 42.0 Å². The van der Waals surface area contributed by atoms with Gasteiger partial charge in [0.15, 0.2) is 5.78 Å². The predicted octanol–water partition coefficient (Wildman–Crippen LogP) is 2.97. The molecule has 0 saturated carbocycles. The summed E-state index contributed by atoms with van der Waals surface area (Å²) in [6.45, 7) is 2.78. The van der Waals surface area contributed by atoms with Gasteiger partial charge in [-0.3, -0.25) is 9.59 Å². The first kappa shape index (κ1) is 20.3. The van der Waals surface area contributed by atoms with E-state index in [1.54, 1.807) is 29.3 Å². The van der Waals surface area contributed by atoms with E-state index in [1.165, 1.54) is 0 Å². The van der Waals surface area contributed by atoms with E-state index in [0.717, 1.165) is 5.56 Å². The first-order chi connectivity index (χ1) is 13.5. The van der Waals surface area contributed by atoms with Crippen molar-refractivity contribution in [2.45, 2.75) is 0 Å². The number of ether oxygens (including phenoxy) is 1. The van der Waals surface area contributed by atoms with Crippen LogP contribution in [0.4, 0.5) is 0 Å². The Hall–Kier alpha value is -2.41. The molecule has 1 fully saturated rings. The van der Waals surface area contributed by atoms with Crippen LogP contribution in [-0.2, 0) is 4.74 Å². The van der Waals surface area contributed by atoms with E-state index < -0.39 is 0 Å². The van der Waals surface area contributed by atoms with Gasteiger partial charge in [0.25, 0.3) is 5.91 Å². The lowest BCUT2D eigenvalue weighted by Gasteiger charge is -2.26. The number of carbonyl (C=O) groups is 2. The molecular formula is C21H24ClN3O3. The fraction of sp³-hybridized carbons (Fsp3) is 0.333. The lowest BCUT2D eigenvalue weighted by molar-refractivity contribution is 0.0299. The molecular weight excluding hydrogens is 378 g/mol. The number of hydrogen-bond donors (Lipinski definition) is 1. The highest BCUT2D eigenvalue weighted by molar-refractivity contribution is 6.32. The average Bonchev–Trinajstić information content (AvgIpc) is 3.18. The summed E-state index contributed by atoms with van der Waals surface area (Å²) in [6.07, 6.45) is 3.47. The van der Waals surface area contributed by atoms with Crippen molar-refractivity contribution in [3.63, 3.8) is 0 Å². The Morgan fingerprint density at radius 3 is 2.64 bits per heavy atom. The standard InChI is InChI=1S/C21H24ClN3O3/c1-24(2)7-6-18(15-4-3-5-17(22)12-15)20(26)16-13-19(23-14-16)21(27)25-8-10-28-11-9-25/h3-6,12-14,23H,7-11H2,1-2H3/b18-6+. The number of hydrogen-bond acceptors (Lipinski definition) is 4. The number of aromatic amines is 1. The van der Waals surface area contributed by atoms with Crippen molar-refractivity contribution in [3.05, 3.63) is 64.4 Å². The molecule has 3 rings (SSSR count). The lowest BCUT2D eigenvalue weighted by Crippen LogP contribution is -2.40. The second kappa shape index (κ2) is 9.19.